The van der Waals surface area contributed by atoms with Gasteiger partial charge in [0.05, 0.1) is 5.92 Å². The fraction of sp³-hybridized carbons (Fsp3) is 0.944. The summed E-state index contributed by atoms with van der Waals surface area (Å²) in [6.07, 6.45) is 8.97. The van der Waals surface area contributed by atoms with Gasteiger partial charge in [-0.1, -0.05) is 33.6 Å². The lowest BCUT2D eigenvalue weighted by Crippen LogP contribution is -2.34. The average Bonchev–Trinajstić information content (AvgIpc) is 3.15. The minimum Gasteiger partial charge on any atom is -0.462 e. The van der Waals surface area contributed by atoms with Crippen molar-refractivity contribution in [3.05, 3.63) is 0 Å². The highest BCUT2D eigenvalue weighted by atomic mass is 16.5. The molecule has 2 nitrogen and oxygen atoms in total. The number of hydrogen-bond acceptors (Lipinski definition) is 2. The quantitative estimate of drug-likeness (QED) is 0.714. The van der Waals surface area contributed by atoms with E-state index in [1.54, 1.807) is 0 Å². The standard InChI is InChI=1S/C18H30O2/c1-11(2)13-9-8-12(3)16(10-13)20-18(19)17-14-6-4-5-7-15(14)17/h11-17H,4-10H2,1-3H3/t12-,13-,14-,15+,16-,17?/m0/s1. The van der Waals surface area contributed by atoms with Crippen LogP contribution in [-0.4, -0.2) is 12.1 Å². The third-order valence-corrected chi connectivity index (χ3v) is 6.30. The van der Waals surface area contributed by atoms with Gasteiger partial charge in [0.1, 0.15) is 6.10 Å². The van der Waals surface area contributed by atoms with E-state index in [2.05, 4.69) is 20.8 Å². The van der Waals surface area contributed by atoms with Crippen molar-refractivity contribution in [2.24, 2.45) is 35.5 Å². The van der Waals surface area contributed by atoms with Crippen LogP contribution in [0.3, 0.4) is 0 Å². The van der Waals surface area contributed by atoms with Crippen molar-refractivity contribution in [3.8, 4) is 0 Å². The van der Waals surface area contributed by atoms with Crippen molar-refractivity contribution >= 4 is 5.97 Å². The number of ether oxygens (including phenoxy) is 1. The first-order chi connectivity index (χ1) is 9.58. The van der Waals surface area contributed by atoms with E-state index in [1.807, 2.05) is 0 Å². The molecule has 0 amide bonds. The Balaban J connectivity index is 1.55. The zero-order valence-corrected chi connectivity index (χ0v) is 13.3. The Morgan fingerprint density at radius 2 is 1.70 bits per heavy atom. The van der Waals surface area contributed by atoms with E-state index in [-0.39, 0.29) is 18.0 Å². The molecule has 0 aromatic heterocycles. The molecule has 0 aromatic carbocycles. The molecule has 3 saturated carbocycles. The number of rotatable bonds is 3. The maximum absolute atomic E-state index is 12.4. The molecule has 6 atom stereocenters. The summed E-state index contributed by atoms with van der Waals surface area (Å²) >= 11 is 0. The molecule has 114 valence electrons. The molecule has 0 bridgehead atoms. The second-order valence-electron chi connectivity index (χ2n) is 7.91. The van der Waals surface area contributed by atoms with Gasteiger partial charge in [-0.25, -0.2) is 0 Å². The Morgan fingerprint density at radius 1 is 1.05 bits per heavy atom. The molecule has 1 unspecified atom stereocenters. The maximum atomic E-state index is 12.4. The predicted octanol–water partition coefficient (Wildman–Crippen LogP) is 4.43. The Kier molecular flexibility index (Phi) is 4.10. The first-order valence-electron chi connectivity index (χ1n) is 8.78. The Hall–Kier alpha value is -0.530. The van der Waals surface area contributed by atoms with E-state index in [0.717, 1.165) is 12.3 Å². The summed E-state index contributed by atoms with van der Waals surface area (Å²) in [5.74, 6) is 3.77. The van der Waals surface area contributed by atoms with Crippen LogP contribution in [0, 0.1) is 35.5 Å². The van der Waals surface area contributed by atoms with Crippen LogP contribution >= 0.6 is 0 Å². The lowest BCUT2D eigenvalue weighted by molar-refractivity contribution is -0.157. The van der Waals surface area contributed by atoms with E-state index < -0.39 is 0 Å². The van der Waals surface area contributed by atoms with E-state index in [0.29, 0.717) is 23.7 Å². The molecule has 2 heteroatoms. The molecule has 20 heavy (non-hydrogen) atoms. The molecule has 0 aromatic rings. The lowest BCUT2D eigenvalue weighted by Gasteiger charge is -2.35. The van der Waals surface area contributed by atoms with Gasteiger partial charge in [-0.15, -0.1) is 0 Å². The van der Waals surface area contributed by atoms with Crippen molar-refractivity contribution in [1.29, 1.82) is 0 Å². The van der Waals surface area contributed by atoms with Crippen LogP contribution in [0.1, 0.15) is 65.7 Å². The van der Waals surface area contributed by atoms with E-state index >= 15 is 0 Å². The zero-order valence-electron chi connectivity index (χ0n) is 13.3. The summed E-state index contributed by atoms with van der Waals surface area (Å²) in [5, 5.41) is 0. The monoisotopic (exact) mass is 278 g/mol. The molecule has 3 rings (SSSR count). The third-order valence-electron chi connectivity index (χ3n) is 6.30. The number of hydrogen-bond donors (Lipinski definition) is 0. The van der Waals surface area contributed by atoms with Crippen molar-refractivity contribution in [3.63, 3.8) is 0 Å². The molecule has 3 aliphatic carbocycles. The Bertz CT molecular complexity index is 350. The van der Waals surface area contributed by atoms with Crippen LogP contribution < -0.4 is 0 Å². The summed E-state index contributed by atoms with van der Waals surface area (Å²) in [4.78, 5) is 12.4. The zero-order chi connectivity index (χ0) is 14.3. The van der Waals surface area contributed by atoms with Crippen molar-refractivity contribution in [1.82, 2.24) is 0 Å². The summed E-state index contributed by atoms with van der Waals surface area (Å²) in [6, 6.07) is 0. The van der Waals surface area contributed by atoms with E-state index in [1.165, 1.54) is 38.5 Å². The highest BCUT2D eigenvalue weighted by Gasteiger charge is 2.56. The molecular formula is C18H30O2. The Morgan fingerprint density at radius 3 is 2.30 bits per heavy atom. The normalized spacial score (nSPS) is 44.0. The van der Waals surface area contributed by atoms with Gasteiger partial charge in [-0.05, 0) is 61.7 Å². The van der Waals surface area contributed by atoms with Gasteiger partial charge in [0.15, 0.2) is 0 Å². The van der Waals surface area contributed by atoms with Crippen molar-refractivity contribution in [2.75, 3.05) is 0 Å². The number of fused-ring (bicyclic) bond motifs is 1. The van der Waals surface area contributed by atoms with Gasteiger partial charge in [0.2, 0.25) is 0 Å². The van der Waals surface area contributed by atoms with Crippen LogP contribution in [0.25, 0.3) is 0 Å². The molecule has 0 saturated heterocycles. The smallest absolute Gasteiger partial charge is 0.309 e. The predicted molar refractivity (Wildman–Crippen MR) is 80.2 cm³/mol. The van der Waals surface area contributed by atoms with Gasteiger partial charge in [-0.3, -0.25) is 4.79 Å². The second-order valence-corrected chi connectivity index (χ2v) is 7.91. The number of carbonyl (C=O) groups is 1. The van der Waals surface area contributed by atoms with Gasteiger partial charge in [0, 0.05) is 0 Å². The highest BCUT2D eigenvalue weighted by molar-refractivity contribution is 5.76. The number of carbonyl (C=O) groups excluding carboxylic acids is 1. The molecule has 0 N–H and O–H groups in total. The molecular weight excluding hydrogens is 248 g/mol. The minimum atomic E-state index is 0.142. The van der Waals surface area contributed by atoms with Crippen LogP contribution in [0.4, 0.5) is 0 Å². The van der Waals surface area contributed by atoms with Crippen LogP contribution in [-0.2, 0) is 9.53 Å². The third kappa shape index (κ3) is 2.76. The first-order valence-corrected chi connectivity index (χ1v) is 8.78. The second kappa shape index (κ2) is 5.69. The number of esters is 1. The van der Waals surface area contributed by atoms with Gasteiger partial charge >= 0.3 is 5.97 Å². The van der Waals surface area contributed by atoms with Crippen molar-refractivity contribution < 1.29 is 9.53 Å². The molecule has 0 heterocycles. The summed E-state index contributed by atoms with van der Waals surface area (Å²) < 4.78 is 5.96. The molecule has 0 radical (unpaired) electrons. The summed E-state index contributed by atoms with van der Waals surface area (Å²) in [6.45, 7) is 6.86. The van der Waals surface area contributed by atoms with Gasteiger partial charge in [0.25, 0.3) is 0 Å². The molecule has 3 aliphatic rings. The molecule has 0 aliphatic heterocycles. The van der Waals surface area contributed by atoms with Crippen LogP contribution in [0.2, 0.25) is 0 Å². The fourth-order valence-corrected chi connectivity index (χ4v) is 4.65. The molecule has 3 fully saturated rings. The summed E-state index contributed by atoms with van der Waals surface area (Å²) in [7, 11) is 0. The van der Waals surface area contributed by atoms with Crippen LogP contribution in [0.5, 0.6) is 0 Å². The van der Waals surface area contributed by atoms with E-state index in [4.69, 9.17) is 4.74 Å². The van der Waals surface area contributed by atoms with Gasteiger partial charge in [-0.2, -0.15) is 0 Å². The minimum absolute atomic E-state index is 0.142. The van der Waals surface area contributed by atoms with Crippen LogP contribution in [0.15, 0.2) is 0 Å². The average molecular weight is 278 g/mol. The van der Waals surface area contributed by atoms with E-state index in [9.17, 15) is 4.79 Å². The fourth-order valence-electron chi connectivity index (χ4n) is 4.65. The Labute approximate surface area is 123 Å². The maximum Gasteiger partial charge on any atom is 0.309 e. The largest absolute Gasteiger partial charge is 0.462 e. The summed E-state index contributed by atoms with van der Waals surface area (Å²) in [5.41, 5.74) is 0. The lowest BCUT2D eigenvalue weighted by atomic mass is 9.76. The molecule has 0 spiro atoms. The SMILES string of the molecule is CC(C)[C@H]1CC[C@H](C)[C@@H](OC(=O)C2[C@H]3CCCC[C@@H]23)C1. The topological polar surface area (TPSA) is 26.3 Å². The van der Waals surface area contributed by atoms with Crippen molar-refractivity contribution in [2.45, 2.75) is 71.8 Å². The first kappa shape index (κ1) is 14.4. The van der Waals surface area contributed by atoms with Gasteiger partial charge < -0.3 is 4.74 Å². The highest BCUT2D eigenvalue weighted by Crippen LogP contribution is 2.56.